The Morgan fingerprint density at radius 1 is 1.09 bits per heavy atom. The zero-order valence-electron chi connectivity index (χ0n) is 15.6. The summed E-state index contributed by atoms with van der Waals surface area (Å²) < 4.78 is 5.92. The predicted molar refractivity (Wildman–Crippen MR) is 98.8 cm³/mol. The lowest BCUT2D eigenvalue weighted by Gasteiger charge is -2.32. The van der Waals surface area contributed by atoms with Crippen molar-refractivity contribution in [1.82, 2.24) is 4.90 Å². The number of nitrogens with zero attached hydrogens (tertiary/aromatic N) is 1. The van der Waals surface area contributed by atoms with Crippen molar-refractivity contribution in [3.05, 3.63) is 28.3 Å². The van der Waals surface area contributed by atoms with Crippen LogP contribution in [-0.2, 0) is 0 Å². The van der Waals surface area contributed by atoms with E-state index in [1.165, 1.54) is 0 Å². The molecule has 0 amide bonds. The van der Waals surface area contributed by atoms with E-state index in [0.29, 0.717) is 24.5 Å². The fraction of sp³-hybridized carbons (Fsp3) is 0.684. The van der Waals surface area contributed by atoms with E-state index in [-0.39, 0.29) is 6.61 Å². The third-order valence-electron chi connectivity index (χ3n) is 4.09. The topological polar surface area (TPSA) is 32.7 Å². The second-order valence-electron chi connectivity index (χ2n) is 7.14. The number of benzene rings is 1. The first-order valence-corrected chi connectivity index (χ1v) is 8.87. The minimum absolute atomic E-state index is 0.288. The largest absolute Gasteiger partial charge is 0.491 e. The summed E-state index contributed by atoms with van der Waals surface area (Å²) in [4.78, 5) is 2.27. The van der Waals surface area contributed by atoms with Gasteiger partial charge in [0.15, 0.2) is 0 Å². The molecule has 0 saturated carbocycles. The molecule has 0 spiro atoms. The van der Waals surface area contributed by atoms with Gasteiger partial charge in [0, 0.05) is 23.7 Å². The molecule has 0 saturated heterocycles. The van der Waals surface area contributed by atoms with Gasteiger partial charge in [-0.1, -0.05) is 25.4 Å². The van der Waals surface area contributed by atoms with Crippen molar-refractivity contribution in [1.29, 1.82) is 0 Å². The Balaban J connectivity index is 2.76. The lowest BCUT2D eigenvalue weighted by atomic mass is 10.0. The number of rotatable bonds is 8. The molecule has 23 heavy (non-hydrogen) atoms. The smallest absolute Gasteiger partial charge is 0.123 e. The summed E-state index contributed by atoms with van der Waals surface area (Å²) in [6.45, 7) is 15.7. The summed E-state index contributed by atoms with van der Waals surface area (Å²) in [5.74, 6) is 1.14. The van der Waals surface area contributed by atoms with Crippen LogP contribution in [0.15, 0.2) is 12.1 Å². The first-order valence-electron chi connectivity index (χ1n) is 8.50. The minimum atomic E-state index is -0.518. The average molecular weight is 342 g/mol. The van der Waals surface area contributed by atoms with Crippen molar-refractivity contribution >= 4 is 11.6 Å². The van der Waals surface area contributed by atoms with Crippen molar-refractivity contribution in [2.45, 2.75) is 72.6 Å². The summed E-state index contributed by atoms with van der Waals surface area (Å²) >= 11 is 6.22. The third-order valence-corrected chi connectivity index (χ3v) is 4.50. The Hall–Kier alpha value is -0.770. The average Bonchev–Trinajstić information content (AvgIpc) is 2.44. The standard InChI is InChI=1S/C19H32ClNO2/c1-12(2)17-9-18(20)15(7)8-19(17)23-11-16(22)10-21(13(3)4)14(5)6/h8-9,12-14,16,22H,10-11H2,1-7H3. The van der Waals surface area contributed by atoms with E-state index < -0.39 is 6.10 Å². The molecule has 0 aliphatic rings. The number of aryl methyl sites for hydroxylation is 1. The third kappa shape index (κ3) is 5.98. The molecule has 3 nitrogen and oxygen atoms in total. The molecule has 1 N–H and O–H groups in total. The molecule has 0 heterocycles. The Morgan fingerprint density at radius 3 is 2.13 bits per heavy atom. The number of ether oxygens (including phenoxy) is 1. The summed E-state index contributed by atoms with van der Waals surface area (Å²) in [7, 11) is 0. The van der Waals surface area contributed by atoms with Gasteiger partial charge in [0.25, 0.3) is 0 Å². The minimum Gasteiger partial charge on any atom is -0.491 e. The highest BCUT2D eigenvalue weighted by atomic mass is 35.5. The molecule has 0 radical (unpaired) electrons. The molecule has 1 unspecified atom stereocenters. The van der Waals surface area contributed by atoms with E-state index in [4.69, 9.17) is 16.3 Å². The molecule has 132 valence electrons. The number of aliphatic hydroxyl groups is 1. The van der Waals surface area contributed by atoms with E-state index in [2.05, 4.69) is 46.4 Å². The molecule has 0 aliphatic carbocycles. The van der Waals surface area contributed by atoms with Gasteiger partial charge in [0.05, 0.1) is 0 Å². The normalized spacial score (nSPS) is 13.4. The van der Waals surface area contributed by atoms with E-state index in [0.717, 1.165) is 21.9 Å². The molecule has 1 aromatic carbocycles. The summed E-state index contributed by atoms with van der Waals surface area (Å²) in [5, 5.41) is 11.1. The highest BCUT2D eigenvalue weighted by molar-refractivity contribution is 6.31. The van der Waals surface area contributed by atoms with Crippen LogP contribution in [0.2, 0.25) is 5.02 Å². The quantitative estimate of drug-likeness (QED) is 0.748. The highest BCUT2D eigenvalue weighted by Crippen LogP contribution is 2.32. The Labute approximate surface area is 146 Å². The monoisotopic (exact) mass is 341 g/mol. The van der Waals surface area contributed by atoms with Gasteiger partial charge in [-0.25, -0.2) is 0 Å². The first kappa shape index (κ1) is 20.3. The van der Waals surface area contributed by atoms with Gasteiger partial charge in [-0.05, 0) is 63.8 Å². The summed E-state index contributed by atoms with van der Waals surface area (Å²) in [6, 6.07) is 4.73. The van der Waals surface area contributed by atoms with Gasteiger partial charge in [-0.15, -0.1) is 0 Å². The van der Waals surface area contributed by atoms with Crippen LogP contribution in [0.3, 0.4) is 0 Å². The number of hydrogen-bond donors (Lipinski definition) is 1. The van der Waals surface area contributed by atoms with Crippen molar-refractivity contribution in [2.75, 3.05) is 13.2 Å². The fourth-order valence-corrected chi connectivity index (χ4v) is 2.92. The van der Waals surface area contributed by atoms with Gasteiger partial charge in [-0.3, -0.25) is 4.90 Å². The molecule has 1 rings (SSSR count). The maximum absolute atomic E-state index is 10.3. The Kier molecular flexibility index (Phi) is 7.85. The second kappa shape index (κ2) is 8.91. The molecule has 1 aromatic rings. The molecule has 0 aromatic heterocycles. The van der Waals surface area contributed by atoms with E-state index >= 15 is 0 Å². The zero-order chi connectivity index (χ0) is 17.7. The number of hydrogen-bond acceptors (Lipinski definition) is 3. The molecule has 0 bridgehead atoms. The van der Waals surface area contributed by atoms with E-state index in [1.807, 2.05) is 19.1 Å². The Morgan fingerprint density at radius 2 is 1.65 bits per heavy atom. The van der Waals surface area contributed by atoms with Crippen molar-refractivity contribution in [3.8, 4) is 5.75 Å². The van der Waals surface area contributed by atoms with Crippen LogP contribution in [-0.4, -0.2) is 41.3 Å². The van der Waals surface area contributed by atoms with Crippen LogP contribution >= 0.6 is 11.6 Å². The SMILES string of the molecule is Cc1cc(OCC(O)CN(C(C)C)C(C)C)c(C(C)C)cc1Cl. The van der Waals surface area contributed by atoms with Gasteiger partial charge in [0.1, 0.15) is 18.5 Å². The summed E-state index contributed by atoms with van der Waals surface area (Å²) in [6.07, 6.45) is -0.518. The van der Waals surface area contributed by atoms with Crippen LogP contribution in [0.25, 0.3) is 0 Å². The van der Waals surface area contributed by atoms with Crippen molar-refractivity contribution in [3.63, 3.8) is 0 Å². The van der Waals surface area contributed by atoms with Crippen LogP contribution in [0.1, 0.15) is 58.6 Å². The molecule has 0 fully saturated rings. The van der Waals surface area contributed by atoms with Crippen molar-refractivity contribution in [2.24, 2.45) is 0 Å². The zero-order valence-corrected chi connectivity index (χ0v) is 16.3. The fourth-order valence-electron chi connectivity index (χ4n) is 2.75. The lowest BCUT2D eigenvalue weighted by molar-refractivity contribution is 0.0442. The Bertz CT molecular complexity index is 492. The van der Waals surface area contributed by atoms with E-state index in [1.54, 1.807) is 0 Å². The van der Waals surface area contributed by atoms with E-state index in [9.17, 15) is 5.11 Å². The van der Waals surface area contributed by atoms with Crippen LogP contribution in [0.5, 0.6) is 5.75 Å². The van der Waals surface area contributed by atoms with Gasteiger partial charge < -0.3 is 9.84 Å². The number of halogens is 1. The van der Waals surface area contributed by atoms with Gasteiger partial charge in [0.2, 0.25) is 0 Å². The van der Waals surface area contributed by atoms with Crippen LogP contribution in [0.4, 0.5) is 0 Å². The molecular weight excluding hydrogens is 310 g/mol. The summed E-state index contributed by atoms with van der Waals surface area (Å²) in [5.41, 5.74) is 2.07. The molecule has 4 heteroatoms. The highest BCUT2D eigenvalue weighted by Gasteiger charge is 2.19. The van der Waals surface area contributed by atoms with Crippen LogP contribution in [0, 0.1) is 6.92 Å². The number of aliphatic hydroxyl groups excluding tert-OH is 1. The maximum Gasteiger partial charge on any atom is 0.123 e. The maximum atomic E-state index is 10.3. The van der Waals surface area contributed by atoms with Gasteiger partial charge >= 0.3 is 0 Å². The molecular formula is C19H32ClNO2. The lowest BCUT2D eigenvalue weighted by Crippen LogP contribution is -2.43. The van der Waals surface area contributed by atoms with Gasteiger partial charge in [-0.2, -0.15) is 0 Å². The second-order valence-corrected chi connectivity index (χ2v) is 7.55. The first-order chi connectivity index (χ1) is 10.6. The molecule has 0 aliphatic heterocycles. The predicted octanol–water partition coefficient (Wildman–Crippen LogP) is 4.63. The van der Waals surface area contributed by atoms with Crippen molar-refractivity contribution < 1.29 is 9.84 Å². The molecule has 1 atom stereocenters. The van der Waals surface area contributed by atoms with Crippen LogP contribution < -0.4 is 4.74 Å².